The van der Waals surface area contributed by atoms with Gasteiger partial charge in [0.25, 0.3) is 0 Å². The van der Waals surface area contributed by atoms with E-state index in [9.17, 15) is 0 Å². The zero-order valence-corrected chi connectivity index (χ0v) is 9.28. The molecule has 0 atom stereocenters. The first-order valence-corrected chi connectivity index (χ1v) is 5.52. The van der Waals surface area contributed by atoms with Crippen LogP contribution in [0.2, 0.25) is 0 Å². The summed E-state index contributed by atoms with van der Waals surface area (Å²) in [5.41, 5.74) is 2.34. The predicted molar refractivity (Wildman–Crippen MR) is 65.9 cm³/mol. The number of nitrogens with zero attached hydrogens (tertiary/aromatic N) is 5. The van der Waals surface area contributed by atoms with Gasteiger partial charge in [-0.15, -0.1) is 5.10 Å². The minimum atomic E-state index is 0.603. The Morgan fingerprint density at radius 2 is 2.11 bits per heavy atom. The van der Waals surface area contributed by atoms with Gasteiger partial charge in [0.15, 0.2) is 5.65 Å². The van der Waals surface area contributed by atoms with Crippen LogP contribution < -0.4 is 0 Å². The van der Waals surface area contributed by atoms with Crippen LogP contribution in [0, 0.1) is 0 Å². The largest absolute Gasteiger partial charge is 0.346 e. The molecule has 0 fully saturated rings. The zero-order chi connectivity index (χ0) is 11.9. The zero-order valence-electron chi connectivity index (χ0n) is 9.28. The molecule has 4 rings (SSSR count). The van der Waals surface area contributed by atoms with Crippen molar-refractivity contribution in [3.05, 3.63) is 43.0 Å². The standard InChI is InChI=1S/C12H8N6/c1-2-5-13-9(3-1)11-16-12-8-4-6-14-10(8)15-7-18(12)17-11/h1-7,14H. The fourth-order valence-corrected chi connectivity index (χ4v) is 1.95. The van der Waals surface area contributed by atoms with Crippen LogP contribution in [0.4, 0.5) is 0 Å². The third kappa shape index (κ3) is 1.22. The quantitative estimate of drug-likeness (QED) is 0.545. The maximum Gasteiger partial charge on any atom is 0.200 e. The van der Waals surface area contributed by atoms with Crippen LogP contribution in [0.25, 0.3) is 28.2 Å². The maximum absolute atomic E-state index is 4.51. The second-order valence-electron chi connectivity index (χ2n) is 3.90. The van der Waals surface area contributed by atoms with Gasteiger partial charge in [-0.25, -0.2) is 14.5 Å². The van der Waals surface area contributed by atoms with Gasteiger partial charge in [0.2, 0.25) is 5.82 Å². The normalized spacial score (nSPS) is 11.3. The van der Waals surface area contributed by atoms with Gasteiger partial charge in [0.1, 0.15) is 17.7 Å². The number of aromatic nitrogens is 6. The van der Waals surface area contributed by atoms with E-state index in [4.69, 9.17) is 0 Å². The first kappa shape index (κ1) is 9.29. The van der Waals surface area contributed by atoms with Crippen LogP contribution in [-0.2, 0) is 0 Å². The monoisotopic (exact) mass is 236 g/mol. The Bertz CT molecular complexity index is 829. The minimum Gasteiger partial charge on any atom is -0.346 e. The summed E-state index contributed by atoms with van der Waals surface area (Å²) < 4.78 is 1.67. The Morgan fingerprint density at radius 3 is 3.00 bits per heavy atom. The molecule has 0 saturated carbocycles. The van der Waals surface area contributed by atoms with Crippen LogP contribution in [-0.4, -0.2) is 29.5 Å². The topological polar surface area (TPSA) is 71.8 Å². The highest BCUT2D eigenvalue weighted by molar-refractivity contribution is 5.89. The molecule has 6 nitrogen and oxygen atoms in total. The number of pyridine rings is 1. The van der Waals surface area contributed by atoms with Crippen molar-refractivity contribution in [2.24, 2.45) is 0 Å². The fraction of sp³-hybridized carbons (Fsp3) is 0. The summed E-state index contributed by atoms with van der Waals surface area (Å²) in [6.45, 7) is 0. The van der Waals surface area contributed by atoms with E-state index in [-0.39, 0.29) is 0 Å². The summed E-state index contributed by atoms with van der Waals surface area (Å²) in [6.07, 6.45) is 5.21. The summed E-state index contributed by atoms with van der Waals surface area (Å²) in [7, 11) is 0. The van der Waals surface area contributed by atoms with Crippen molar-refractivity contribution in [2.75, 3.05) is 0 Å². The van der Waals surface area contributed by atoms with Crippen molar-refractivity contribution in [2.45, 2.75) is 0 Å². The molecular weight excluding hydrogens is 228 g/mol. The molecular formula is C12H8N6. The van der Waals surface area contributed by atoms with E-state index in [1.54, 1.807) is 17.0 Å². The molecule has 0 amide bonds. The molecule has 4 aromatic rings. The second kappa shape index (κ2) is 3.36. The highest BCUT2D eigenvalue weighted by Gasteiger charge is 2.10. The van der Waals surface area contributed by atoms with Gasteiger partial charge in [-0.1, -0.05) is 6.07 Å². The van der Waals surface area contributed by atoms with Crippen molar-refractivity contribution < 1.29 is 0 Å². The van der Waals surface area contributed by atoms with Crippen LogP contribution in [0.3, 0.4) is 0 Å². The van der Waals surface area contributed by atoms with Crippen LogP contribution >= 0.6 is 0 Å². The molecule has 0 saturated heterocycles. The van der Waals surface area contributed by atoms with Gasteiger partial charge in [0, 0.05) is 12.4 Å². The Kier molecular flexibility index (Phi) is 1.74. The summed E-state index contributed by atoms with van der Waals surface area (Å²) >= 11 is 0. The Morgan fingerprint density at radius 1 is 1.11 bits per heavy atom. The first-order chi connectivity index (χ1) is 8.92. The van der Waals surface area contributed by atoms with Crippen molar-refractivity contribution in [3.8, 4) is 11.5 Å². The molecule has 0 bridgehead atoms. The highest BCUT2D eigenvalue weighted by atomic mass is 15.3. The molecule has 0 unspecified atom stereocenters. The van der Waals surface area contributed by atoms with E-state index in [2.05, 4.69) is 25.0 Å². The third-order valence-corrected chi connectivity index (χ3v) is 2.79. The molecule has 0 aliphatic carbocycles. The van der Waals surface area contributed by atoms with Crippen LogP contribution in [0.1, 0.15) is 0 Å². The number of rotatable bonds is 1. The molecule has 0 aliphatic heterocycles. The number of aromatic amines is 1. The van der Waals surface area contributed by atoms with Gasteiger partial charge in [-0.05, 0) is 18.2 Å². The summed E-state index contributed by atoms with van der Waals surface area (Å²) in [6, 6.07) is 7.61. The molecule has 0 spiro atoms. The van der Waals surface area contributed by atoms with Gasteiger partial charge in [0.05, 0.1) is 5.39 Å². The van der Waals surface area contributed by atoms with Crippen molar-refractivity contribution in [1.82, 2.24) is 29.5 Å². The predicted octanol–water partition coefficient (Wildman–Crippen LogP) is 1.67. The lowest BCUT2D eigenvalue weighted by Crippen LogP contribution is -1.90. The Balaban J connectivity index is 2.04. The second-order valence-corrected chi connectivity index (χ2v) is 3.90. The van der Waals surface area contributed by atoms with E-state index in [0.29, 0.717) is 5.82 Å². The van der Waals surface area contributed by atoms with Gasteiger partial charge in [-0.2, -0.15) is 0 Å². The number of fused-ring (bicyclic) bond motifs is 3. The van der Waals surface area contributed by atoms with E-state index in [1.165, 1.54) is 0 Å². The SMILES string of the molecule is c1ccc(-c2nc3c4cc[nH]c4ncn3n2)nc1. The molecule has 4 aromatic heterocycles. The first-order valence-electron chi connectivity index (χ1n) is 5.52. The van der Waals surface area contributed by atoms with Crippen LogP contribution in [0.5, 0.6) is 0 Å². The number of hydrogen-bond donors (Lipinski definition) is 1. The van der Waals surface area contributed by atoms with E-state index >= 15 is 0 Å². The molecule has 0 radical (unpaired) electrons. The molecule has 18 heavy (non-hydrogen) atoms. The molecule has 0 aliphatic rings. The average molecular weight is 236 g/mol. The highest BCUT2D eigenvalue weighted by Crippen LogP contribution is 2.18. The maximum atomic E-state index is 4.51. The Hall–Kier alpha value is -2.76. The van der Waals surface area contributed by atoms with Gasteiger partial charge >= 0.3 is 0 Å². The Labute approximate surface area is 101 Å². The number of nitrogens with one attached hydrogen (secondary N) is 1. The molecule has 4 heterocycles. The fourth-order valence-electron chi connectivity index (χ4n) is 1.95. The van der Waals surface area contributed by atoms with Crippen LogP contribution in [0.15, 0.2) is 43.0 Å². The van der Waals surface area contributed by atoms with E-state index < -0.39 is 0 Å². The van der Waals surface area contributed by atoms with Crippen molar-refractivity contribution in [1.29, 1.82) is 0 Å². The summed E-state index contributed by atoms with van der Waals surface area (Å²) in [5.74, 6) is 0.603. The van der Waals surface area contributed by atoms with E-state index in [0.717, 1.165) is 22.4 Å². The lowest BCUT2D eigenvalue weighted by atomic mass is 10.3. The lowest BCUT2D eigenvalue weighted by molar-refractivity contribution is 0.933. The van der Waals surface area contributed by atoms with Gasteiger partial charge < -0.3 is 4.98 Å². The number of H-pyrrole nitrogens is 1. The molecule has 1 N–H and O–H groups in total. The molecule has 86 valence electrons. The van der Waals surface area contributed by atoms with Crippen molar-refractivity contribution >= 4 is 16.7 Å². The smallest absolute Gasteiger partial charge is 0.200 e. The lowest BCUT2D eigenvalue weighted by Gasteiger charge is -1.90. The average Bonchev–Trinajstić information content (AvgIpc) is 3.05. The molecule has 6 heteroatoms. The van der Waals surface area contributed by atoms with E-state index in [1.807, 2.05) is 30.5 Å². The van der Waals surface area contributed by atoms with Gasteiger partial charge in [-0.3, -0.25) is 4.98 Å². The molecule has 0 aromatic carbocycles. The third-order valence-electron chi connectivity index (χ3n) is 2.79. The number of hydrogen-bond acceptors (Lipinski definition) is 4. The minimum absolute atomic E-state index is 0.603. The summed E-state index contributed by atoms with van der Waals surface area (Å²) in [4.78, 5) is 16.1. The van der Waals surface area contributed by atoms with Crippen molar-refractivity contribution in [3.63, 3.8) is 0 Å². The summed E-state index contributed by atoms with van der Waals surface area (Å²) in [5, 5.41) is 5.33.